The fourth-order valence-corrected chi connectivity index (χ4v) is 3.98. The number of nitrogens with one attached hydrogen (secondary N) is 1. The van der Waals surface area contributed by atoms with E-state index in [1.54, 1.807) is 25.4 Å². The van der Waals surface area contributed by atoms with Gasteiger partial charge < -0.3 is 10.1 Å². The van der Waals surface area contributed by atoms with Crippen molar-refractivity contribution >= 4 is 15.8 Å². The molecule has 6 nitrogen and oxygen atoms in total. The minimum Gasteiger partial charge on any atom is -0.380 e. The average molecular weight is 299 g/mol. The number of methoxy groups -OCH3 is 1. The Balaban J connectivity index is 2.30. The van der Waals surface area contributed by atoms with Crippen molar-refractivity contribution in [3.8, 4) is 0 Å². The maximum Gasteiger partial charge on any atom is 0.246 e. The number of anilines is 1. The third-order valence-corrected chi connectivity index (χ3v) is 5.30. The highest BCUT2D eigenvalue weighted by Gasteiger charge is 2.32. The van der Waals surface area contributed by atoms with Crippen molar-refractivity contribution in [2.24, 2.45) is 0 Å². The number of rotatable bonds is 5. The molecular weight excluding hydrogens is 278 g/mol. The van der Waals surface area contributed by atoms with Crippen LogP contribution in [0.5, 0.6) is 0 Å². The Bertz CT molecular complexity index is 548. The molecule has 1 N–H and O–H groups in total. The van der Waals surface area contributed by atoms with Crippen LogP contribution in [-0.4, -0.2) is 50.6 Å². The van der Waals surface area contributed by atoms with E-state index in [0.717, 1.165) is 12.8 Å². The third-order valence-electron chi connectivity index (χ3n) is 3.41. The molecule has 1 atom stereocenters. The van der Waals surface area contributed by atoms with Gasteiger partial charge in [-0.25, -0.2) is 13.4 Å². The van der Waals surface area contributed by atoms with Crippen molar-refractivity contribution in [2.45, 2.75) is 30.8 Å². The van der Waals surface area contributed by atoms with E-state index in [1.165, 1.54) is 4.31 Å². The monoisotopic (exact) mass is 299 g/mol. The summed E-state index contributed by atoms with van der Waals surface area (Å²) in [6.45, 7) is 3.47. The lowest BCUT2D eigenvalue weighted by molar-refractivity contribution is 0.0572. The molecule has 2 heterocycles. The fourth-order valence-electron chi connectivity index (χ4n) is 2.35. The molecule has 0 bridgehead atoms. The number of nitrogens with zero attached hydrogens (tertiary/aromatic N) is 2. The standard InChI is InChI=1S/C13H21N3O3S/c1-3-14-13-12(7-4-8-15-13)20(17,18)16-9-5-6-11(10-16)19-2/h4,7-8,11H,3,5-6,9-10H2,1-2H3,(H,14,15). The van der Waals surface area contributed by atoms with Crippen LogP contribution >= 0.6 is 0 Å². The Morgan fingerprint density at radius 1 is 1.55 bits per heavy atom. The Hall–Kier alpha value is -1.18. The molecule has 0 aromatic carbocycles. The third kappa shape index (κ3) is 3.11. The molecule has 0 radical (unpaired) electrons. The molecular formula is C13H21N3O3S. The van der Waals surface area contributed by atoms with Crippen LogP contribution in [0.15, 0.2) is 23.2 Å². The SMILES string of the molecule is CCNc1ncccc1S(=O)(=O)N1CCCC(OC)C1. The van der Waals surface area contributed by atoms with Gasteiger partial charge in [0.15, 0.2) is 0 Å². The maximum atomic E-state index is 12.7. The minimum absolute atomic E-state index is 0.0298. The van der Waals surface area contributed by atoms with E-state index in [4.69, 9.17) is 4.74 Å². The molecule has 1 aliphatic rings. The summed E-state index contributed by atoms with van der Waals surface area (Å²) in [7, 11) is -1.91. The number of hydrogen-bond acceptors (Lipinski definition) is 5. The quantitative estimate of drug-likeness (QED) is 0.887. The highest BCUT2D eigenvalue weighted by Crippen LogP contribution is 2.25. The van der Waals surface area contributed by atoms with Gasteiger partial charge in [-0.2, -0.15) is 4.31 Å². The van der Waals surface area contributed by atoms with Crippen LogP contribution in [0.25, 0.3) is 0 Å². The second-order valence-corrected chi connectivity index (χ2v) is 6.65. The topological polar surface area (TPSA) is 71.5 Å². The van der Waals surface area contributed by atoms with Gasteiger partial charge in [0.25, 0.3) is 0 Å². The molecule has 1 aliphatic heterocycles. The molecule has 1 unspecified atom stereocenters. The summed E-state index contributed by atoms with van der Waals surface area (Å²) in [5.41, 5.74) is 0. The van der Waals surface area contributed by atoms with E-state index in [2.05, 4.69) is 10.3 Å². The smallest absolute Gasteiger partial charge is 0.246 e. The molecule has 7 heteroatoms. The Morgan fingerprint density at radius 3 is 3.05 bits per heavy atom. The second kappa shape index (κ2) is 6.51. The van der Waals surface area contributed by atoms with Gasteiger partial charge in [-0.15, -0.1) is 0 Å². The maximum absolute atomic E-state index is 12.7. The Morgan fingerprint density at radius 2 is 2.35 bits per heavy atom. The number of hydrogen-bond donors (Lipinski definition) is 1. The van der Waals surface area contributed by atoms with Crippen LogP contribution in [0.4, 0.5) is 5.82 Å². The zero-order valence-electron chi connectivity index (χ0n) is 11.9. The molecule has 0 aliphatic carbocycles. The summed E-state index contributed by atoms with van der Waals surface area (Å²) in [5, 5.41) is 3.00. The van der Waals surface area contributed by atoms with Gasteiger partial charge in [-0.05, 0) is 31.9 Å². The Labute approximate surface area is 120 Å². The van der Waals surface area contributed by atoms with E-state index in [0.29, 0.717) is 25.5 Å². The van der Waals surface area contributed by atoms with Crippen molar-refractivity contribution < 1.29 is 13.2 Å². The molecule has 1 saturated heterocycles. The van der Waals surface area contributed by atoms with Crippen molar-refractivity contribution in [2.75, 3.05) is 32.1 Å². The van der Waals surface area contributed by atoms with Crippen molar-refractivity contribution in [3.63, 3.8) is 0 Å². The molecule has 1 aromatic rings. The van der Waals surface area contributed by atoms with E-state index >= 15 is 0 Å². The lowest BCUT2D eigenvalue weighted by Crippen LogP contribution is -2.43. The Kier molecular flexibility index (Phi) is 4.95. The first-order chi connectivity index (χ1) is 9.59. The summed E-state index contributed by atoms with van der Waals surface area (Å²) >= 11 is 0. The van der Waals surface area contributed by atoms with E-state index in [-0.39, 0.29) is 11.0 Å². The summed E-state index contributed by atoms with van der Waals surface area (Å²) < 4.78 is 32.3. The van der Waals surface area contributed by atoms with Crippen molar-refractivity contribution in [1.29, 1.82) is 0 Å². The molecule has 112 valence electrons. The number of sulfonamides is 1. The molecule has 0 spiro atoms. The van der Waals surface area contributed by atoms with Crippen LogP contribution in [0.1, 0.15) is 19.8 Å². The predicted octanol–water partition coefficient (Wildman–Crippen LogP) is 1.31. The lowest BCUT2D eigenvalue weighted by Gasteiger charge is -2.31. The second-order valence-electron chi connectivity index (χ2n) is 4.74. The van der Waals surface area contributed by atoms with Gasteiger partial charge in [0.05, 0.1) is 6.10 Å². The van der Waals surface area contributed by atoms with Gasteiger partial charge in [0, 0.05) is 32.9 Å². The van der Waals surface area contributed by atoms with E-state index in [9.17, 15) is 8.42 Å². The van der Waals surface area contributed by atoms with Gasteiger partial charge in [-0.3, -0.25) is 0 Å². The number of pyridine rings is 1. The summed E-state index contributed by atoms with van der Waals surface area (Å²) in [6, 6.07) is 3.24. The van der Waals surface area contributed by atoms with Crippen LogP contribution in [0.2, 0.25) is 0 Å². The zero-order chi connectivity index (χ0) is 14.6. The average Bonchev–Trinajstić information content (AvgIpc) is 2.48. The highest BCUT2D eigenvalue weighted by molar-refractivity contribution is 7.89. The predicted molar refractivity (Wildman–Crippen MR) is 77.2 cm³/mol. The summed E-state index contributed by atoms with van der Waals surface area (Å²) in [5.74, 6) is 0.412. The molecule has 20 heavy (non-hydrogen) atoms. The minimum atomic E-state index is -3.53. The van der Waals surface area contributed by atoms with Crippen LogP contribution in [-0.2, 0) is 14.8 Å². The van der Waals surface area contributed by atoms with Gasteiger partial charge in [-0.1, -0.05) is 0 Å². The number of ether oxygens (including phenoxy) is 1. The van der Waals surface area contributed by atoms with Crippen molar-refractivity contribution in [3.05, 3.63) is 18.3 Å². The van der Waals surface area contributed by atoms with Crippen molar-refractivity contribution in [1.82, 2.24) is 9.29 Å². The largest absolute Gasteiger partial charge is 0.380 e. The van der Waals surface area contributed by atoms with Gasteiger partial charge in [0.1, 0.15) is 10.7 Å². The number of aromatic nitrogens is 1. The normalized spacial score (nSPS) is 20.8. The van der Waals surface area contributed by atoms with E-state index < -0.39 is 10.0 Å². The lowest BCUT2D eigenvalue weighted by atomic mass is 10.1. The van der Waals surface area contributed by atoms with E-state index in [1.807, 2.05) is 6.92 Å². The molecule has 1 fully saturated rings. The van der Waals surface area contributed by atoms with Crippen LogP contribution in [0, 0.1) is 0 Å². The first kappa shape index (κ1) is 15.2. The molecule has 0 saturated carbocycles. The summed E-state index contributed by atoms with van der Waals surface area (Å²) in [6.07, 6.45) is 3.27. The van der Waals surface area contributed by atoms with Crippen LogP contribution < -0.4 is 5.32 Å². The highest BCUT2D eigenvalue weighted by atomic mass is 32.2. The molecule has 1 aromatic heterocycles. The van der Waals surface area contributed by atoms with Gasteiger partial charge in [0.2, 0.25) is 10.0 Å². The van der Waals surface area contributed by atoms with Gasteiger partial charge >= 0.3 is 0 Å². The first-order valence-corrected chi connectivity index (χ1v) is 8.25. The molecule has 2 rings (SSSR count). The first-order valence-electron chi connectivity index (χ1n) is 6.81. The zero-order valence-corrected chi connectivity index (χ0v) is 12.7. The fraction of sp³-hybridized carbons (Fsp3) is 0.615. The number of piperidine rings is 1. The van der Waals surface area contributed by atoms with Crippen LogP contribution in [0.3, 0.4) is 0 Å². The molecule has 0 amide bonds. The summed E-state index contributed by atoms with van der Waals surface area (Å²) in [4.78, 5) is 4.36.